The molecule has 2 aromatic rings. The Kier molecular flexibility index (Phi) is 5.17. The van der Waals surface area contributed by atoms with Gasteiger partial charge in [0.25, 0.3) is 0 Å². The van der Waals surface area contributed by atoms with E-state index in [0.717, 1.165) is 12.1 Å². The number of hydrogen-bond acceptors (Lipinski definition) is 4. The standard InChI is InChI=1S/C22H21F3N2O4/c1-21-12-16(15-7-2-3-8-17(15)31-21)18(20(30)27(21)9-10-28)19(29)26-14-6-4-5-13(11-14)22(23,24)25/h2-8,11,16,18,28H,9-10,12H2,1H3,(H,26,29)/t16-,18-,21+/m1/s1. The molecule has 2 amide bonds. The van der Waals surface area contributed by atoms with Crippen LogP contribution in [0.5, 0.6) is 5.75 Å². The van der Waals surface area contributed by atoms with Gasteiger partial charge in [-0.1, -0.05) is 24.3 Å². The summed E-state index contributed by atoms with van der Waals surface area (Å²) < 4.78 is 45.1. The molecule has 2 aliphatic heterocycles. The number of rotatable bonds is 4. The van der Waals surface area contributed by atoms with Crippen LogP contribution in [-0.4, -0.2) is 40.7 Å². The van der Waals surface area contributed by atoms with Crippen LogP contribution in [0.25, 0.3) is 0 Å². The van der Waals surface area contributed by atoms with Crippen LogP contribution in [0.1, 0.15) is 30.4 Å². The van der Waals surface area contributed by atoms with Crippen molar-refractivity contribution in [1.82, 2.24) is 4.90 Å². The van der Waals surface area contributed by atoms with Crippen molar-refractivity contribution in [2.24, 2.45) is 5.92 Å². The number of carbonyl (C=O) groups is 2. The van der Waals surface area contributed by atoms with Gasteiger partial charge in [-0.2, -0.15) is 13.2 Å². The van der Waals surface area contributed by atoms with Crippen LogP contribution >= 0.6 is 0 Å². The van der Waals surface area contributed by atoms with Gasteiger partial charge in [0.15, 0.2) is 5.72 Å². The average molecular weight is 434 g/mol. The molecule has 0 aromatic heterocycles. The summed E-state index contributed by atoms with van der Waals surface area (Å²) in [5.74, 6) is -2.38. The van der Waals surface area contributed by atoms with E-state index in [9.17, 15) is 27.9 Å². The minimum absolute atomic E-state index is 0.0302. The van der Waals surface area contributed by atoms with Gasteiger partial charge in [-0.05, 0) is 36.8 Å². The van der Waals surface area contributed by atoms with Crippen molar-refractivity contribution in [3.05, 3.63) is 59.7 Å². The molecule has 2 heterocycles. The van der Waals surface area contributed by atoms with Gasteiger partial charge in [-0.25, -0.2) is 0 Å². The van der Waals surface area contributed by atoms with Crippen LogP contribution < -0.4 is 10.1 Å². The molecule has 31 heavy (non-hydrogen) atoms. The Morgan fingerprint density at radius 1 is 1.26 bits per heavy atom. The van der Waals surface area contributed by atoms with Crippen molar-refractivity contribution in [3.8, 4) is 5.75 Å². The van der Waals surface area contributed by atoms with Crippen molar-refractivity contribution >= 4 is 17.5 Å². The molecule has 2 N–H and O–H groups in total. The van der Waals surface area contributed by atoms with Crippen molar-refractivity contribution in [2.45, 2.75) is 31.2 Å². The lowest BCUT2D eigenvalue weighted by Crippen LogP contribution is -2.64. The van der Waals surface area contributed by atoms with Crippen molar-refractivity contribution < 1.29 is 32.6 Å². The summed E-state index contributed by atoms with van der Waals surface area (Å²) in [5, 5.41) is 11.9. The van der Waals surface area contributed by atoms with Crippen LogP contribution in [-0.2, 0) is 15.8 Å². The molecule has 9 heteroatoms. The quantitative estimate of drug-likeness (QED) is 0.724. The molecule has 1 saturated heterocycles. The largest absolute Gasteiger partial charge is 0.468 e. The number of alkyl halides is 3. The highest BCUT2D eigenvalue weighted by atomic mass is 19.4. The van der Waals surface area contributed by atoms with E-state index >= 15 is 0 Å². The number of anilines is 1. The SMILES string of the molecule is C[C@@]12C[C@H](c3ccccc3O1)[C@H](C(=O)Nc1cccc(C(F)(F)F)c1)C(=O)N2CCO. The summed E-state index contributed by atoms with van der Waals surface area (Å²) in [5.41, 5.74) is -1.28. The van der Waals surface area contributed by atoms with Gasteiger partial charge in [0.1, 0.15) is 11.7 Å². The Morgan fingerprint density at radius 3 is 2.71 bits per heavy atom. The maximum atomic E-state index is 13.3. The average Bonchev–Trinajstić information content (AvgIpc) is 2.70. The number of nitrogens with one attached hydrogen (secondary N) is 1. The molecule has 4 rings (SSSR count). The van der Waals surface area contributed by atoms with E-state index in [2.05, 4.69) is 5.32 Å². The molecule has 0 spiro atoms. The van der Waals surface area contributed by atoms with Gasteiger partial charge in [0, 0.05) is 24.6 Å². The lowest BCUT2D eigenvalue weighted by atomic mass is 9.73. The molecule has 2 aromatic carbocycles. The fraction of sp³-hybridized carbons (Fsp3) is 0.364. The maximum absolute atomic E-state index is 13.3. The highest BCUT2D eigenvalue weighted by Gasteiger charge is 2.55. The summed E-state index contributed by atoms with van der Waals surface area (Å²) in [6.45, 7) is 1.38. The van der Waals surface area contributed by atoms with Crippen molar-refractivity contribution in [3.63, 3.8) is 0 Å². The zero-order chi connectivity index (χ0) is 22.4. The van der Waals surface area contributed by atoms with Crippen LogP contribution in [0.15, 0.2) is 48.5 Å². The highest BCUT2D eigenvalue weighted by Crippen LogP contribution is 2.50. The molecule has 2 aliphatic rings. The smallest absolute Gasteiger partial charge is 0.416 e. The number of nitrogens with zero attached hydrogens (tertiary/aromatic N) is 1. The second kappa shape index (κ2) is 7.56. The lowest BCUT2D eigenvalue weighted by Gasteiger charge is -2.52. The molecular formula is C22H21F3N2O4. The summed E-state index contributed by atoms with van der Waals surface area (Å²) in [6, 6.07) is 11.3. The van der Waals surface area contributed by atoms with E-state index in [-0.39, 0.29) is 18.8 Å². The third-order valence-electron chi connectivity index (χ3n) is 5.82. The summed E-state index contributed by atoms with van der Waals surface area (Å²) in [4.78, 5) is 27.8. The van der Waals surface area contributed by atoms with E-state index in [1.807, 2.05) is 0 Å². The maximum Gasteiger partial charge on any atom is 0.416 e. The van der Waals surface area contributed by atoms with Crippen molar-refractivity contribution in [2.75, 3.05) is 18.5 Å². The number of halogens is 3. The first-order chi connectivity index (χ1) is 14.6. The number of aliphatic hydroxyl groups excluding tert-OH is 1. The Labute approximate surface area is 176 Å². The number of benzene rings is 2. The summed E-state index contributed by atoms with van der Waals surface area (Å²) in [7, 11) is 0. The minimum atomic E-state index is -4.55. The Morgan fingerprint density at radius 2 is 2.00 bits per heavy atom. The molecule has 3 atom stereocenters. The first-order valence-electron chi connectivity index (χ1n) is 9.82. The van der Waals surface area contributed by atoms with Crippen LogP contribution in [0.4, 0.5) is 18.9 Å². The van der Waals surface area contributed by atoms with E-state index in [0.29, 0.717) is 17.7 Å². The number of carbonyl (C=O) groups excluding carboxylic acids is 2. The van der Waals surface area contributed by atoms with Crippen molar-refractivity contribution in [1.29, 1.82) is 0 Å². The predicted molar refractivity (Wildman–Crippen MR) is 105 cm³/mol. The second-order valence-electron chi connectivity index (χ2n) is 7.88. The third-order valence-corrected chi connectivity index (χ3v) is 5.82. The van der Waals surface area contributed by atoms with E-state index in [4.69, 9.17) is 4.74 Å². The lowest BCUT2D eigenvalue weighted by molar-refractivity contribution is -0.176. The predicted octanol–water partition coefficient (Wildman–Crippen LogP) is 3.38. The number of para-hydroxylation sites is 1. The van der Waals surface area contributed by atoms with Gasteiger partial charge >= 0.3 is 6.18 Å². The molecule has 1 fully saturated rings. The first-order valence-corrected chi connectivity index (χ1v) is 9.82. The van der Waals surface area contributed by atoms with Crippen LogP contribution in [0.3, 0.4) is 0 Å². The van der Waals surface area contributed by atoms with E-state index in [1.54, 1.807) is 31.2 Å². The molecule has 0 radical (unpaired) electrons. The number of piperidine rings is 1. The molecule has 0 unspecified atom stereocenters. The molecular weight excluding hydrogens is 413 g/mol. The number of amides is 2. The highest BCUT2D eigenvalue weighted by molar-refractivity contribution is 6.08. The van der Waals surface area contributed by atoms with Crippen LogP contribution in [0.2, 0.25) is 0 Å². The number of fused-ring (bicyclic) bond motifs is 4. The number of aliphatic hydroxyl groups is 1. The summed E-state index contributed by atoms with van der Waals surface area (Å²) >= 11 is 0. The monoisotopic (exact) mass is 434 g/mol. The molecule has 6 nitrogen and oxygen atoms in total. The first kappa shape index (κ1) is 21.2. The molecule has 0 saturated carbocycles. The van der Waals surface area contributed by atoms with Crippen LogP contribution in [0, 0.1) is 5.92 Å². The van der Waals surface area contributed by atoms with Gasteiger partial charge in [0.2, 0.25) is 11.8 Å². The number of likely N-dealkylation sites (tertiary alicyclic amines) is 1. The van der Waals surface area contributed by atoms with E-state index < -0.39 is 41.1 Å². The Bertz CT molecular complexity index is 1030. The topological polar surface area (TPSA) is 78.9 Å². The fourth-order valence-corrected chi connectivity index (χ4v) is 4.45. The normalized spacial score (nSPS) is 24.9. The minimum Gasteiger partial charge on any atom is -0.468 e. The Balaban J connectivity index is 1.70. The zero-order valence-electron chi connectivity index (χ0n) is 16.6. The van der Waals surface area contributed by atoms with Gasteiger partial charge in [-0.15, -0.1) is 0 Å². The number of hydrogen-bond donors (Lipinski definition) is 2. The van der Waals surface area contributed by atoms with Gasteiger partial charge < -0.3 is 20.1 Å². The number of ether oxygens (including phenoxy) is 1. The van der Waals surface area contributed by atoms with E-state index in [1.165, 1.54) is 17.0 Å². The molecule has 164 valence electrons. The fourth-order valence-electron chi connectivity index (χ4n) is 4.45. The summed E-state index contributed by atoms with van der Waals surface area (Å²) in [6.07, 6.45) is -4.24. The second-order valence-corrected chi connectivity index (χ2v) is 7.88. The number of β-amino-alcohol motifs (C(OH)–C–C–N with tert-alkyl or cyclic N) is 1. The van der Waals surface area contributed by atoms with Gasteiger partial charge in [-0.3, -0.25) is 9.59 Å². The Hall–Kier alpha value is -3.07. The zero-order valence-corrected chi connectivity index (χ0v) is 16.6. The molecule has 0 aliphatic carbocycles. The van der Waals surface area contributed by atoms with Gasteiger partial charge in [0.05, 0.1) is 12.2 Å². The molecule has 2 bridgehead atoms. The third kappa shape index (κ3) is 3.74.